The van der Waals surface area contributed by atoms with E-state index in [1.807, 2.05) is 60.7 Å². The van der Waals surface area contributed by atoms with Crippen LogP contribution in [0.4, 0.5) is 10.6 Å². The molecule has 0 saturated heterocycles. The van der Waals surface area contributed by atoms with Crippen LogP contribution < -0.4 is 20.1 Å². The first-order valence-electron chi connectivity index (χ1n) is 11.7. The van der Waals surface area contributed by atoms with E-state index in [4.69, 9.17) is 31.2 Å². The number of rotatable bonds is 8. The summed E-state index contributed by atoms with van der Waals surface area (Å²) in [5.41, 5.74) is 0.844. The number of thiocarbonyl (C=S) groups is 1. The van der Waals surface area contributed by atoms with Crippen molar-refractivity contribution in [1.29, 1.82) is 0 Å². The molecule has 0 fully saturated rings. The summed E-state index contributed by atoms with van der Waals surface area (Å²) in [6.07, 6.45) is -0.724. The minimum absolute atomic E-state index is 0.0610. The fourth-order valence-electron chi connectivity index (χ4n) is 3.56. The van der Waals surface area contributed by atoms with Crippen LogP contribution in [0.5, 0.6) is 17.2 Å². The SMILES string of the molecule is CCOC(=O)NC(=S)Nc1nc(C(=O)OC)c(OCc2ccccc2)c2ccc(Oc3ccccc3)cc12. The van der Waals surface area contributed by atoms with Gasteiger partial charge >= 0.3 is 12.1 Å². The number of pyridine rings is 1. The summed E-state index contributed by atoms with van der Waals surface area (Å²) >= 11 is 5.27. The molecule has 0 radical (unpaired) electrons. The molecule has 38 heavy (non-hydrogen) atoms. The van der Waals surface area contributed by atoms with Gasteiger partial charge in [0.1, 0.15) is 23.9 Å². The minimum Gasteiger partial charge on any atom is -0.486 e. The molecule has 0 atom stereocenters. The Kier molecular flexibility index (Phi) is 8.68. The number of carbonyl (C=O) groups is 2. The second kappa shape index (κ2) is 12.5. The van der Waals surface area contributed by atoms with Gasteiger partial charge in [-0.15, -0.1) is 0 Å². The number of esters is 1. The van der Waals surface area contributed by atoms with Gasteiger partial charge in [-0.1, -0.05) is 48.5 Å². The van der Waals surface area contributed by atoms with E-state index in [0.717, 1.165) is 5.56 Å². The third kappa shape index (κ3) is 6.54. The van der Waals surface area contributed by atoms with Crippen molar-refractivity contribution >= 4 is 46.0 Å². The summed E-state index contributed by atoms with van der Waals surface area (Å²) in [6.45, 7) is 2.05. The van der Waals surface area contributed by atoms with Crippen LogP contribution in [-0.4, -0.2) is 35.9 Å². The Hall–Kier alpha value is -4.70. The maximum Gasteiger partial charge on any atom is 0.413 e. The highest BCUT2D eigenvalue weighted by Gasteiger charge is 2.23. The number of hydrogen-bond donors (Lipinski definition) is 2. The van der Waals surface area contributed by atoms with E-state index in [-0.39, 0.29) is 35.6 Å². The molecule has 0 bridgehead atoms. The lowest BCUT2D eigenvalue weighted by molar-refractivity contribution is 0.0589. The largest absolute Gasteiger partial charge is 0.486 e. The van der Waals surface area contributed by atoms with Gasteiger partial charge in [0.05, 0.1) is 13.7 Å². The molecule has 10 heteroatoms. The first kappa shape index (κ1) is 26.4. The quantitative estimate of drug-likeness (QED) is 0.214. The number of hydrogen-bond acceptors (Lipinski definition) is 8. The summed E-state index contributed by atoms with van der Waals surface area (Å²) in [4.78, 5) is 29.1. The molecular formula is C28H25N3O6S. The lowest BCUT2D eigenvalue weighted by Gasteiger charge is -2.18. The number of aromatic nitrogens is 1. The van der Waals surface area contributed by atoms with Crippen LogP contribution in [0.25, 0.3) is 10.8 Å². The number of fused-ring (bicyclic) bond motifs is 1. The molecular weight excluding hydrogens is 506 g/mol. The second-order valence-electron chi connectivity index (χ2n) is 7.83. The number of nitrogens with zero attached hydrogens (tertiary/aromatic N) is 1. The molecule has 3 aromatic carbocycles. The lowest BCUT2D eigenvalue weighted by Crippen LogP contribution is -2.35. The molecule has 0 spiro atoms. The van der Waals surface area contributed by atoms with Crippen LogP contribution in [0.15, 0.2) is 78.9 Å². The first-order chi connectivity index (χ1) is 18.5. The van der Waals surface area contributed by atoms with Crippen LogP contribution in [0.2, 0.25) is 0 Å². The van der Waals surface area contributed by atoms with Gasteiger partial charge < -0.3 is 24.3 Å². The van der Waals surface area contributed by atoms with E-state index in [0.29, 0.717) is 22.3 Å². The molecule has 0 aliphatic rings. The van der Waals surface area contributed by atoms with Crippen molar-refractivity contribution in [1.82, 2.24) is 10.3 Å². The zero-order valence-electron chi connectivity index (χ0n) is 20.7. The van der Waals surface area contributed by atoms with Gasteiger partial charge in [-0.25, -0.2) is 14.6 Å². The zero-order chi connectivity index (χ0) is 26.9. The van der Waals surface area contributed by atoms with Gasteiger partial charge in [0.15, 0.2) is 16.6 Å². The fourth-order valence-corrected chi connectivity index (χ4v) is 3.74. The predicted octanol–water partition coefficient (Wildman–Crippen LogP) is 5.84. The van der Waals surface area contributed by atoms with Crippen molar-refractivity contribution < 1.29 is 28.5 Å². The minimum atomic E-state index is -0.724. The molecule has 0 aliphatic carbocycles. The van der Waals surface area contributed by atoms with Gasteiger partial charge in [0.25, 0.3) is 0 Å². The van der Waals surface area contributed by atoms with Crippen LogP contribution in [0.3, 0.4) is 0 Å². The van der Waals surface area contributed by atoms with Gasteiger partial charge in [0.2, 0.25) is 0 Å². The molecule has 2 N–H and O–H groups in total. The zero-order valence-corrected chi connectivity index (χ0v) is 21.5. The smallest absolute Gasteiger partial charge is 0.413 e. The number of ether oxygens (including phenoxy) is 4. The Labute approximate surface area is 224 Å². The van der Waals surface area contributed by atoms with Gasteiger partial charge in [0, 0.05) is 10.8 Å². The van der Waals surface area contributed by atoms with Crippen molar-refractivity contribution in [2.24, 2.45) is 0 Å². The summed E-state index contributed by atoms with van der Waals surface area (Å²) < 4.78 is 22.0. The van der Waals surface area contributed by atoms with E-state index in [1.54, 1.807) is 25.1 Å². The van der Waals surface area contributed by atoms with E-state index in [1.165, 1.54) is 7.11 Å². The number of carbonyl (C=O) groups excluding carboxylic acids is 2. The molecule has 1 aromatic heterocycles. The van der Waals surface area contributed by atoms with Crippen molar-refractivity contribution in [3.63, 3.8) is 0 Å². The monoisotopic (exact) mass is 531 g/mol. The Morgan fingerprint density at radius 3 is 2.32 bits per heavy atom. The summed E-state index contributed by atoms with van der Waals surface area (Å²) in [5, 5.41) is 6.30. The maximum absolute atomic E-state index is 12.8. The molecule has 1 heterocycles. The Morgan fingerprint density at radius 1 is 0.921 bits per heavy atom. The number of methoxy groups -OCH3 is 1. The predicted molar refractivity (Wildman–Crippen MR) is 147 cm³/mol. The average molecular weight is 532 g/mol. The molecule has 0 saturated carbocycles. The molecule has 194 valence electrons. The number of benzene rings is 3. The van der Waals surface area contributed by atoms with Gasteiger partial charge in [-0.05, 0) is 55.0 Å². The Balaban J connectivity index is 1.79. The number of nitrogens with one attached hydrogen (secondary N) is 2. The van der Waals surface area contributed by atoms with Gasteiger partial charge in [-0.3, -0.25) is 5.32 Å². The summed E-state index contributed by atoms with van der Waals surface area (Å²) in [5.74, 6) is 0.870. The van der Waals surface area contributed by atoms with Crippen molar-refractivity contribution in [2.45, 2.75) is 13.5 Å². The summed E-state index contributed by atoms with van der Waals surface area (Å²) in [6, 6.07) is 24.0. The topological polar surface area (TPSA) is 108 Å². The van der Waals surface area contributed by atoms with E-state index in [2.05, 4.69) is 15.6 Å². The van der Waals surface area contributed by atoms with Crippen molar-refractivity contribution in [2.75, 3.05) is 19.0 Å². The van der Waals surface area contributed by atoms with E-state index < -0.39 is 12.1 Å². The number of anilines is 1. The van der Waals surface area contributed by atoms with Gasteiger partial charge in [-0.2, -0.15) is 0 Å². The highest BCUT2D eigenvalue weighted by atomic mass is 32.1. The lowest BCUT2D eigenvalue weighted by atomic mass is 10.1. The maximum atomic E-state index is 12.8. The van der Waals surface area contributed by atoms with Crippen molar-refractivity contribution in [3.05, 3.63) is 90.1 Å². The third-order valence-electron chi connectivity index (χ3n) is 5.24. The number of amides is 1. The Bertz CT molecular complexity index is 1450. The average Bonchev–Trinajstić information content (AvgIpc) is 2.93. The van der Waals surface area contributed by atoms with Crippen LogP contribution >= 0.6 is 12.2 Å². The second-order valence-corrected chi connectivity index (χ2v) is 8.23. The molecule has 0 unspecified atom stereocenters. The highest BCUT2D eigenvalue weighted by Crippen LogP contribution is 2.37. The number of para-hydroxylation sites is 1. The molecule has 1 amide bonds. The molecule has 4 rings (SSSR count). The van der Waals surface area contributed by atoms with Crippen molar-refractivity contribution in [3.8, 4) is 17.2 Å². The third-order valence-corrected chi connectivity index (χ3v) is 5.44. The normalized spacial score (nSPS) is 10.4. The first-order valence-corrected chi connectivity index (χ1v) is 12.1. The Morgan fingerprint density at radius 2 is 1.63 bits per heavy atom. The van der Waals surface area contributed by atoms with Crippen LogP contribution in [0.1, 0.15) is 23.0 Å². The highest BCUT2D eigenvalue weighted by molar-refractivity contribution is 7.80. The standard InChI is InChI=1S/C28H25N3O6S/c1-3-35-28(33)31-27(38)30-25-22-16-20(37-19-12-8-5-9-13-19)14-15-21(22)24(23(29-25)26(32)34-2)36-17-18-10-6-4-7-11-18/h4-16H,3,17H2,1-2H3,(H2,29,30,31,33,38). The molecule has 0 aliphatic heterocycles. The van der Waals surface area contributed by atoms with E-state index >= 15 is 0 Å². The van der Waals surface area contributed by atoms with E-state index in [9.17, 15) is 9.59 Å². The molecule has 4 aromatic rings. The molecule has 9 nitrogen and oxygen atoms in total. The number of alkyl carbamates (subject to hydrolysis) is 1. The van der Waals surface area contributed by atoms with Crippen LogP contribution in [0, 0.1) is 0 Å². The fraction of sp³-hybridized carbons (Fsp3) is 0.143. The summed E-state index contributed by atoms with van der Waals surface area (Å²) in [7, 11) is 1.26. The van der Waals surface area contributed by atoms with Crippen LogP contribution in [-0.2, 0) is 16.1 Å².